The molecule has 3 aliphatic rings. The smallest absolute Gasteiger partial charge is 0.248 e. The van der Waals surface area contributed by atoms with Crippen LogP contribution in [0.4, 0.5) is 0 Å². The van der Waals surface area contributed by atoms with Crippen LogP contribution in [0.25, 0.3) is 0 Å². The normalized spacial score (nSPS) is 38.7. The third-order valence-electron chi connectivity index (χ3n) is 5.75. The van der Waals surface area contributed by atoms with E-state index in [1.807, 2.05) is 11.8 Å². The zero-order chi connectivity index (χ0) is 15.0. The average Bonchev–Trinajstić information content (AvgIpc) is 3.26. The monoisotopic (exact) mass is 292 g/mol. The fraction of sp³-hybridized carbons (Fsp3) is 0.882. The topological polar surface area (TPSA) is 49.4 Å². The highest BCUT2D eigenvalue weighted by molar-refractivity contribution is 5.94. The van der Waals surface area contributed by atoms with Crippen LogP contribution < -0.4 is 5.32 Å². The molecule has 2 amide bonds. The maximum absolute atomic E-state index is 13.1. The number of carbonyl (C=O) groups is 2. The van der Waals surface area contributed by atoms with Crippen molar-refractivity contribution in [1.82, 2.24) is 10.2 Å². The summed E-state index contributed by atoms with van der Waals surface area (Å²) in [7, 11) is 0. The van der Waals surface area contributed by atoms with Crippen LogP contribution in [0.2, 0.25) is 0 Å². The van der Waals surface area contributed by atoms with Crippen molar-refractivity contribution >= 4 is 11.8 Å². The molecule has 1 N–H and O–H groups in total. The molecule has 2 saturated carbocycles. The predicted octanol–water partition coefficient (Wildman–Crippen LogP) is 2.47. The SMILES string of the molecule is CC1CCCC(N2CCC(=O)NC(C)(C3CC3)C2=O)CC1. The fourth-order valence-corrected chi connectivity index (χ4v) is 4.09. The number of carbonyl (C=O) groups excluding carboxylic acids is 2. The molecule has 0 aromatic heterocycles. The maximum Gasteiger partial charge on any atom is 0.248 e. The fourth-order valence-electron chi connectivity index (χ4n) is 4.09. The van der Waals surface area contributed by atoms with Gasteiger partial charge < -0.3 is 10.2 Å². The first-order chi connectivity index (χ1) is 10.0. The van der Waals surface area contributed by atoms with Gasteiger partial charge in [0.15, 0.2) is 0 Å². The van der Waals surface area contributed by atoms with Crippen LogP contribution in [0.5, 0.6) is 0 Å². The van der Waals surface area contributed by atoms with E-state index >= 15 is 0 Å². The van der Waals surface area contributed by atoms with Crippen molar-refractivity contribution in [3.05, 3.63) is 0 Å². The van der Waals surface area contributed by atoms with E-state index in [0.717, 1.165) is 31.6 Å². The molecule has 0 aromatic carbocycles. The van der Waals surface area contributed by atoms with E-state index in [9.17, 15) is 9.59 Å². The van der Waals surface area contributed by atoms with Gasteiger partial charge in [0.2, 0.25) is 11.8 Å². The Labute approximate surface area is 127 Å². The van der Waals surface area contributed by atoms with Gasteiger partial charge in [0.25, 0.3) is 0 Å². The summed E-state index contributed by atoms with van der Waals surface area (Å²) in [6, 6.07) is 0.341. The molecule has 0 aromatic rings. The van der Waals surface area contributed by atoms with Gasteiger partial charge in [0.05, 0.1) is 0 Å². The van der Waals surface area contributed by atoms with Gasteiger partial charge in [-0.3, -0.25) is 9.59 Å². The van der Waals surface area contributed by atoms with Gasteiger partial charge in [-0.05, 0) is 50.9 Å². The Morgan fingerprint density at radius 3 is 2.57 bits per heavy atom. The highest BCUT2D eigenvalue weighted by atomic mass is 16.2. The Morgan fingerprint density at radius 2 is 1.86 bits per heavy atom. The minimum absolute atomic E-state index is 0.0437. The van der Waals surface area contributed by atoms with E-state index in [-0.39, 0.29) is 11.8 Å². The summed E-state index contributed by atoms with van der Waals surface area (Å²) in [5.41, 5.74) is -0.647. The standard InChI is InChI=1S/C17H28N2O2/c1-12-4-3-5-14(9-6-12)19-11-10-15(20)18-17(2,16(19)21)13-7-8-13/h12-14H,3-11H2,1-2H3,(H,18,20). The minimum Gasteiger partial charge on any atom is -0.342 e. The summed E-state index contributed by atoms with van der Waals surface area (Å²) in [4.78, 5) is 27.2. The lowest BCUT2D eigenvalue weighted by Crippen LogP contribution is -2.58. The third-order valence-corrected chi connectivity index (χ3v) is 5.75. The Morgan fingerprint density at radius 1 is 1.10 bits per heavy atom. The largest absolute Gasteiger partial charge is 0.342 e. The first-order valence-corrected chi connectivity index (χ1v) is 8.63. The predicted molar refractivity (Wildman–Crippen MR) is 81.6 cm³/mol. The summed E-state index contributed by atoms with van der Waals surface area (Å²) >= 11 is 0. The van der Waals surface area contributed by atoms with Gasteiger partial charge in [0.1, 0.15) is 5.54 Å². The first-order valence-electron chi connectivity index (χ1n) is 8.63. The second-order valence-corrected chi connectivity index (χ2v) is 7.54. The Kier molecular flexibility index (Phi) is 3.98. The van der Waals surface area contributed by atoms with Crippen LogP contribution in [0.3, 0.4) is 0 Å². The van der Waals surface area contributed by atoms with E-state index in [0.29, 0.717) is 24.9 Å². The van der Waals surface area contributed by atoms with Crippen LogP contribution in [0.1, 0.15) is 65.2 Å². The van der Waals surface area contributed by atoms with Gasteiger partial charge in [-0.15, -0.1) is 0 Å². The molecular weight excluding hydrogens is 264 g/mol. The van der Waals surface area contributed by atoms with Crippen LogP contribution in [0.15, 0.2) is 0 Å². The van der Waals surface area contributed by atoms with E-state index in [1.54, 1.807) is 0 Å². The maximum atomic E-state index is 13.1. The molecule has 0 bridgehead atoms. The summed E-state index contributed by atoms with van der Waals surface area (Å²) in [6.45, 7) is 4.86. The van der Waals surface area contributed by atoms with Crippen LogP contribution in [-0.2, 0) is 9.59 Å². The van der Waals surface area contributed by atoms with Crippen molar-refractivity contribution in [2.24, 2.45) is 11.8 Å². The van der Waals surface area contributed by atoms with Crippen molar-refractivity contribution < 1.29 is 9.59 Å². The number of nitrogens with zero attached hydrogens (tertiary/aromatic N) is 1. The molecule has 3 unspecified atom stereocenters. The van der Waals surface area contributed by atoms with Crippen molar-refractivity contribution in [3.63, 3.8) is 0 Å². The van der Waals surface area contributed by atoms with Crippen LogP contribution in [-0.4, -0.2) is 34.8 Å². The number of rotatable bonds is 2. The average molecular weight is 292 g/mol. The van der Waals surface area contributed by atoms with Gasteiger partial charge in [-0.1, -0.05) is 19.8 Å². The molecule has 3 fully saturated rings. The summed E-state index contributed by atoms with van der Waals surface area (Å²) in [5.74, 6) is 1.34. The number of hydrogen-bond donors (Lipinski definition) is 1. The Balaban J connectivity index is 1.79. The number of nitrogens with one attached hydrogen (secondary N) is 1. The molecule has 4 heteroatoms. The lowest BCUT2D eigenvalue weighted by molar-refractivity contribution is -0.141. The molecule has 118 valence electrons. The van der Waals surface area contributed by atoms with E-state index in [4.69, 9.17) is 0 Å². The van der Waals surface area contributed by atoms with Crippen molar-refractivity contribution in [2.45, 2.75) is 76.8 Å². The molecule has 0 radical (unpaired) electrons. The van der Waals surface area contributed by atoms with E-state index in [1.165, 1.54) is 19.3 Å². The van der Waals surface area contributed by atoms with Gasteiger partial charge in [0, 0.05) is 19.0 Å². The third kappa shape index (κ3) is 2.95. The molecule has 21 heavy (non-hydrogen) atoms. The zero-order valence-electron chi connectivity index (χ0n) is 13.4. The molecule has 4 nitrogen and oxygen atoms in total. The van der Waals surface area contributed by atoms with Gasteiger partial charge in [-0.25, -0.2) is 0 Å². The van der Waals surface area contributed by atoms with Crippen LogP contribution >= 0.6 is 0 Å². The lowest BCUT2D eigenvalue weighted by Gasteiger charge is -2.36. The van der Waals surface area contributed by atoms with E-state index < -0.39 is 5.54 Å². The highest BCUT2D eigenvalue weighted by Gasteiger charge is 2.51. The van der Waals surface area contributed by atoms with Crippen molar-refractivity contribution in [3.8, 4) is 0 Å². The highest BCUT2D eigenvalue weighted by Crippen LogP contribution is 2.42. The van der Waals surface area contributed by atoms with Crippen molar-refractivity contribution in [2.75, 3.05) is 6.54 Å². The minimum atomic E-state index is -0.647. The number of amides is 2. The molecule has 1 saturated heterocycles. The number of hydrogen-bond acceptors (Lipinski definition) is 2. The Hall–Kier alpha value is -1.06. The molecule has 2 aliphatic carbocycles. The second kappa shape index (κ2) is 5.62. The summed E-state index contributed by atoms with van der Waals surface area (Å²) in [6.07, 6.45) is 8.48. The molecule has 3 rings (SSSR count). The summed E-state index contributed by atoms with van der Waals surface area (Å²) < 4.78 is 0. The first kappa shape index (κ1) is 14.9. The quantitative estimate of drug-likeness (QED) is 0.795. The molecule has 1 aliphatic heterocycles. The molecular formula is C17H28N2O2. The Bertz CT molecular complexity index is 433. The van der Waals surface area contributed by atoms with E-state index in [2.05, 4.69) is 12.2 Å². The molecule has 1 heterocycles. The second-order valence-electron chi connectivity index (χ2n) is 7.54. The van der Waals surface area contributed by atoms with Gasteiger partial charge >= 0.3 is 0 Å². The lowest BCUT2D eigenvalue weighted by atomic mass is 9.92. The van der Waals surface area contributed by atoms with Crippen LogP contribution in [0, 0.1) is 11.8 Å². The van der Waals surface area contributed by atoms with Gasteiger partial charge in [-0.2, -0.15) is 0 Å². The summed E-state index contributed by atoms with van der Waals surface area (Å²) in [5, 5.41) is 3.03. The molecule has 3 atom stereocenters. The zero-order valence-corrected chi connectivity index (χ0v) is 13.4. The van der Waals surface area contributed by atoms with Crippen molar-refractivity contribution in [1.29, 1.82) is 0 Å². The molecule has 0 spiro atoms.